The van der Waals surface area contributed by atoms with Gasteiger partial charge in [-0.05, 0) is 40.1 Å². The number of hydrogen-bond donors (Lipinski definition) is 2. The fourth-order valence-electron chi connectivity index (χ4n) is 1.67. The monoisotopic (exact) mass is 276 g/mol. The van der Waals surface area contributed by atoms with Crippen LogP contribution in [-0.4, -0.2) is 47.2 Å². The first-order valence-corrected chi connectivity index (χ1v) is 6.55. The zero-order chi connectivity index (χ0) is 14.4. The predicted octanol–water partition coefficient (Wildman–Crippen LogP) is 1.88. The number of aryl methyl sites for hydroxylation is 1. The maximum Gasteiger partial charge on any atom is 0.224 e. The highest BCUT2D eigenvalue weighted by Crippen LogP contribution is 2.14. The maximum absolute atomic E-state index is 4.99. The van der Waals surface area contributed by atoms with Gasteiger partial charge >= 0.3 is 0 Å². The highest BCUT2D eigenvalue weighted by atomic mass is 16.5. The molecular formula is C13H20N6O. The first kappa shape index (κ1) is 14.3. The van der Waals surface area contributed by atoms with Crippen LogP contribution in [0.4, 0.5) is 17.6 Å². The summed E-state index contributed by atoms with van der Waals surface area (Å²) < 4.78 is 4.99. The van der Waals surface area contributed by atoms with Crippen LogP contribution < -0.4 is 10.6 Å². The summed E-state index contributed by atoms with van der Waals surface area (Å²) in [7, 11) is 4.11. The third-order valence-electron chi connectivity index (χ3n) is 2.60. The second-order valence-electron chi connectivity index (χ2n) is 4.80. The fourth-order valence-corrected chi connectivity index (χ4v) is 1.67. The molecule has 2 N–H and O–H groups in total. The molecule has 2 aromatic heterocycles. The van der Waals surface area contributed by atoms with Gasteiger partial charge in [-0.2, -0.15) is 4.98 Å². The van der Waals surface area contributed by atoms with E-state index in [1.807, 2.05) is 13.0 Å². The summed E-state index contributed by atoms with van der Waals surface area (Å²) in [6.07, 6.45) is 2.74. The number of hydrogen-bond acceptors (Lipinski definition) is 7. The van der Waals surface area contributed by atoms with E-state index in [9.17, 15) is 0 Å². The van der Waals surface area contributed by atoms with Gasteiger partial charge in [0.05, 0.1) is 0 Å². The molecule has 7 nitrogen and oxygen atoms in total. The molecule has 0 spiro atoms. The lowest BCUT2D eigenvalue weighted by Gasteiger charge is -2.10. The summed E-state index contributed by atoms with van der Waals surface area (Å²) in [5, 5.41) is 10.1. The van der Waals surface area contributed by atoms with Crippen molar-refractivity contribution in [2.45, 2.75) is 13.3 Å². The molecule has 0 fully saturated rings. The molecule has 0 aliphatic carbocycles. The van der Waals surface area contributed by atoms with Crippen molar-refractivity contribution in [2.75, 3.05) is 37.8 Å². The summed E-state index contributed by atoms with van der Waals surface area (Å²) in [6, 6.07) is 3.60. The first-order valence-electron chi connectivity index (χ1n) is 6.55. The first-order chi connectivity index (χ1) is 9.63. The van der Waals surface area contributed by atoms with Crippen molar-refractivity contribution < 1.29 is 4.52 Å². The highest BCUT2D eigenvalue weighted by Gasteiger charge is 2.03. The summed E-state index contributed by atoms with van der Waals surface area (Å²) in [6.45, 7) is 3.71. The maximum atomic E-state index is 4.99. The van der Waals surface area contributed by atoms with Gasteiger partial charge in [-0.3, -0.25) is 0 Å². The lowest BCUT2D eigenvalue weighted by molar-refractivity contribution is 0.400. The Hall–Kier alpha value is -2.15. The van der Waals surface area contributed by atoms with Gasteiger partial charge in [0.1, 0.15) is 11.6 Å². The molecule has 0 aliphatic heterocycles. The van der Waals surface area contributed by atoms with E-state index in [1.165, 1.54) is 0 Å². The van der Waals surface area contributed by atoms with Gasteiger partial charge < -0.3 is 20.1 Å². The van der Waals surface area contributed by atoms with Crippen LogP contribution in [-0.2, 0) is 0 Å². The lowest BCUT2D eigenvalue weighted by atomic mass is 10.4. The number of nitrogens with zero attached hydrogens (tertiary/aromatic N) is 4. The van der Waals surface area contributed by atoms with E-state index in [1.54, 1.807) is 12.3 Å². The minimum atomic E-state index is 0.606. The van der Waals surface area contributed by atoms with Gasteiger partial charge in [0.2, 0.25) is 5.95 Å². The van der Waals surface area contributed by atoms with Crippen molar-refractivity contribution in [3.05, 3.63) is 24.1 Å². The Bertz CT molecular complexity index is 539. The molecule has 0 atom stereocenters. The number of nitrogens with one attached hydrogen (secondary N) is 2. The van der Waals surface area contributed by atoms with Gasteiger partial charge in [-0.1, -0.05) is 5.16 Å². The molecule has 108 valence electrons. The highest BCUT2D eigenvalue weighted by molar-refractivity contribution is 5.52. The minimum Gasteiger partial charge on any atom is -0.360 e. The lowest BCUT2D eigenvalue weighted by Crippen LogP contribution is -2.17. The van der Waals surface area contributed by atoms with Gasteiger partial charge in [0.15, 0.2) is 5.82 Å². The molecule has 2 rings (SSSR count). The van der Waals surface area contributed by atoms with Crippen molar-refractivity contribution in [3.8, 4) is 0 Å². The van der Waals surface area contributed by atoms with E-state index in [-0.39, 0.29) is 0 Å². The molecule has 2 heterocycles. The Morgan fingerprint density at radius 2 is 2.15 bits per heavy atom. The van der Waals surface area contributed by atoms with E-state index in [4.69, 9.17) is 4.52 Å². The van der Waals surface area contributed by atoms with E-state index in [2.05, 4.69) is 44.8 Å². The van der Waals surface area contributed by atoms with Crippen molar-refractivity contribution in [1.29, 1.82) is 0 Å². The Kier molecular flexibility index (Phi) is 4.89. The van der Waals surface area contributed by atoms with Crippen molar-refractivity contribution in [3.63, 3.8) is 0 Å². The van der Waals surface area contributed by atoms with E-state index in [0.717, 1.165) is 25.3 Å². The molecule has 0 aliphatic rings. The van der Waals surface area contributed by atoms with Crippen LogP contribution in [0.2, 0.25) is 0 Å². The van der Waals surface area contributed by atoms with E-state index in [0.29, 0.717) is 17.6 Å². The van der Waals surface area contributed by atoms with Gasteiger partial charge in [0, 0.05) is 18.8 Å². The average molecular weight is 276 g/mol. The molecule has 7 heteroatoms. The predicted molar refractivity (Wildman–Crippen MR) is 78.2 cm³/mol. The number of anilines is 3. The fraction of sp³-hybridized carbons (Fsp3) is 0.462. The Morgan fingerprint density at radius 3 is 2.85 bits per heavy atom. The van der Waals surface area contributed by atoms with Crippen LogP contribution in [0.15, 0.2) is 22.9 Å². The molecule has 0 saturated carbocycles. The standard InChI is InChI=1S/C13H20N6O/c1-10-9-12(18-20-10)16-11-5-7-15-13(17-11)14-6-4-8-19(2)3/h5,7,9H,4,6,8H2,1-3H3,(H2,14,15,16,17,18). The quantitative estimate of drug-likeness (QED) is 0.747. The Balaban J connectivity index is 1.87. The zero-order valence-corrected chi connectivity index (χ0v) is 12.1. The molecule has 2 aromatic rings. The molecule has 0 aromatic carbocycles. The van der Waals surface area contributed by atoms with Crippen molar-refractivity contribution >= 4 is 17.6 Å². The summed E-state index contributed by atoms with van der Waals surface area (Å²) in [5.74, 6) is 2.68. The third kappa shape index (κ3) is 4.51. The third-order valence-corrected chi connectivity index (χ3v) is 2.60. The molecule has 20 heavy (non-hydrogen) atoms. The van der Waals surface area contributed by atoms with Crippen LogP contribution in [0, 0.1) is 6.92 Å². The van der Waals surface area contributed by atoms with Gasteiger partial charge in [-0.15, -0.1) is 0 Å². The van der Waals surface area contributed by atoms with Crippen molar-refractivity contribution in [1.82, 2.24) is 20.0 Å². The second-order valence-corrected chi connectivity index (χ2v) is 4.80. The molecule has 0 radical (unpaired) electrons. The molecule has 0 unspecified atom stereocenters. The van der Waals surface area contributed by atoms with Crippen molar-refractivity contribution in [2.24, 2.45) is 0 Å². The van der Waals surface area contributed by atoms with Gasteiger partial charge in [0.25, 0.3) is 0 Å². The Morgan fingerprint density at radius 1 is 1.30 bits per heavy atom. The van der Waals surface area contributed by atoms with E-state index < -0.39 is 0 Å². The van der Waals surface area contributed by atoms with Gasteiger partial charge in [-0.25, -0.2) is 4.98 Å². The summed E-state index contributed by atoms with van der Waals surface area (Å²) in [4.78, 5) is 10.7. The normalized spacial score (nSPS) is 10.8. The molecule has 0 bridgehead atoms. The SMILES string of the molecule is Cc1cc(Nc2ccnc(NCCCN(C)C)n2)no1. The topological polar surface area (TPSA) is 79.1 Å². The zero-order valence-electron chi connectivity index (χ0n) is 12.1. The van der Waals surface area contributed by atoms with Crippen LogP contribution >= 0.6 is 0 Å². The molecule has 0 amide bonds. The molecular weight excluding hydrogens is 256 g/mol. The average Bonchev–Trinajstić information content (AvgIpc) is 2.80. The van der Waals surface area contributed by atoms with Crippen LogP contribution in [0.25, 0.3) is 0 Å². The largest absolute Gasteiger partial charge is 0.360 e. The number of aromatic nitrogens is 3. The van der Waals surface area contributed by atoms with Crippen LogP contribution in [0.3, 0.4) is 0 Å². The number of rotatable bonds is 7. The summed E-state index contributed by atoms with van der Waals surface area (Å²) in [5.41, 5.74) is 0. The second kappa shape index (κ2) is 6.85. The van der Waals surface area contributed by atoms with Crippen LogP contribution in [0.5, 0.6) is 0 Å². The van der Waals surface area contributed by atoms with Crippen LogP contribution in [0.1, 0.15) is 12.2 Å². The van der Waals surface area contributed by atoms with E-state index >= 15 is 0 Å². The summed E-state index contributed by atoms with van der Waals surface area (Å²) >= 11 is 0. The molecule has 0 saturated heterocycles. The minimum absolute atomic E-state index is 0.606. The Labute approximate surface area is 118 Å². The smallest absolute Gasteiger partial charge is 0.224 e.